The lowest BCUT2D eigenvalue weighted by Crippen LogP contribution is -2.29. The van der Waals surface area contributed by atoms with Gasteiger partial charge in [0.25, 0.3) is 0 Å². The van der Waals surface area contributed by atoms with E-state index in [9.17, 15) is 0 Å². The number of aromatic nitrogens is 3. The normalized spacial score (nSPS) is 13.2. The molecular formula is C13H21N5. The number of nitrogens with zero attached hydrogens (tertiary/aromatic N) is 3. The summed E-state index contributed by atoms with van der Waals surface area (Å²) < 4.78 is 0. The number of pyridine rings is 1. The predicted octanol–water partition coefficient (Wildman–Crippen LogP) is 1.55. The van der Waals surface area contributed by atoms with Gasteiger partial charge in [0, 0.05) is 26.6 Å². The van der Waals surface area contributed by atoms with Crippen LogP contribution in [0.2, 0.25) is 0 Å². The lowest BCUT2D eigenvalue weighted by Gasteiger charge is -2.13. The molecule has 0 aliphatic heterocycles. The Labute approximate surface area is 107 Å². The zero-order valence-electron chi connectivity index (χ0n) is 11.4. The summed E-state index contributed by atoms with van der Waals surface area (Å²) in [6.45, 7) is 4.24. The molecular weight excluding hydrogens is 226 g/mol. The summed E-state index contributed by atoms with van der Waals surface area (Å²) in [5.41, 5.74) is 7.78. The van der Waals surface area contributed by atoms with E-state index in [1.54, 1.807) is 0 Å². The topological polar surface area (TPSA) is 70.8 Å². The molecule has 0 saturated heterocycles. The van der Waals surface area contributed by atoms with Gasteiger partial charge in [-0.25, -0.2) is 9.97 Å². The third kappa shape index (κ3) is 2.61. The van der Waals surface area contributed by atoms with Crippen molar-refractivity contribution in [2.24, 2.45) is 11.7 Å². The highest BCUT2D eigenvalue weighted by molar-refractivity contribution is 5.73. The standard InChI is InChI=1S/C13H21N5/c1-8(2)9(14)7-11-15-10-5-6-12(18(3)4)17-13(10)16-11/h5-6,8-9H,7,14H2,1-4H3,(H,15,16,17). The van der Waals surface area contributed by atoms with Crippen molar-refractivity contribution in [3.8, 4) is 0 Å². The van der Waals surface area contributed by atoms with Crippen LogP contribution in [0.4, 0.5) is 5.82 Å². The van der Waals surface area contributed by atoms with Crippen LogP contribution in [-0.2, 0) is 6.42 Å². The van der Waals surface area contributed by atoms with Crippen LogP contribution < -0.4 is 10.6 Å². The Morgan fingerprint density at radius 1 is 1.28 bits per heavy atom. The van der Waals surface area contributed by atoms with Crippen LogP contribution in [0.1, 0.15) is 19.7 Å². The molecule has 0 spiro atoms. The number of H-pyrrole nitrogens is 1. The van der Waals surface area contributed by atoms with Crippen LogP contribution >= 0.6 is 0 Å². The molecule has 2 heterocycles. The highest BCUT2D eigenvalue weighted by Gasteiger charge is 2.12. The molecule has 0 saturated carbocycles. The first-order valence-corrected chi connectivity index (χ1v) is 6.26. The van der Waals surface area contributed by atoms with E-state index in [0.29, 0.717) is 5.92 Å². The Bertz CT molecular complexity index is 529. The van der Waals surface area contributed by atoms with E-state index in [1.807, 2.05) is 31.1 Å². The smallest absolute Gasteiger partial charge is 0.179 e. The van der Waals surface area contributed by atoms with Gasteiger partial charge < -0.3 is 15.6 Å². The van der Waals surface area contributed by atoms with Gasteiger partial charge in [0.05, 0.1) is 5.52 Å². The second-order valence-corrected chi connectivity index (χ2v) is 5.23. The lowest BCUT2D eigenvalue weighted by atomic mass is 10.0. The van der Waals surface area contributed by atoms with Crippen molar-refractivity contribution in [3.05, 3.63) is 18.0 Å². The predicted molar refractivity (Wildman–Crippen MR) is 74.7 cm³/mol. The minimum atomic E-state index is 0.124. The molecule has 1 atom stereocenters. The van der Waals surface area contributed by atoms with E-state index in [0.717, 1.165) is 29.2 Å². The van der Waals surface area contributed by atoms with E-state index in [-0.39, 0.29) is 6.04 Å². The summed E-state index contributed by atoms with van der Waals surface area (Å²) in [7, 11) is 3.94. The van der Waals surface area contributed by atoms with Crippen LogP contribution in [0.25, 0.3) is 11.2 Å². The van der Waals surface area contributed by atoms with Gasteiger partial charge in [0.15, 0.2) is 5.65 Å². The summed E-state index contributed by atoms with van der Waals surface area (Å²) in [6.07, 6.45) is 0.755. The summed E-state index contributed by atoms with van der Waals surface area (Å²) >= 11 is 0. The number of hydrogen-bond donors (Lipinski definition) is 2. The Balaban J connectivity index is 2.27. The fourth-order valence-electron chi connectivity index (χ4n) is 1.74. The van der Waals surface area contributed by atoms with Crippen molar-refractivity contribution >= 4 is 17.0 Å². The van der Waals surface area contributed by atoms with Gasteiger partial charge in [-0.1, -0.05) is 13.8 Å². The number of nitrogens with two attached hydrogens (primary N) is 1. The van der Waals surface area contributed by atoms with E-state index >= 15 is 0 Å². The largest absolute Gasteiger partial charge is 0.363 e. The minimum Gasteiger partial charge on any atom is -0.363 e. The third-order valence-electron chi connectivity index (χ3n) is 3.12. The van der Waals surface area contributed by atoms with Crippen molar-refractivity contribution in [2.45, 2.75) is 26.3 Å². The monoisotopic (exact) mass is 247 g/mol. The van der Waals surface area contributed by atoms with E-state index in [4.69, 9.17) is 5.73 Å². The van der Waals surface area contributed by atoms with E-state index in [2.05, 4.69) is 28.8 Å². The molecule has 0 fully saturated rings. The maximum atomic E-state index is 6.06. The lowest BCUT2D eigenvalue weighted by molar-refractivity contribution is 0.483. The molecule has 0 amide bonds. The fourth-order valence-corrected chi connectivity index (χ4v) is 1.74. The van der Waals surface area contributed by atoms with E-state index < -0.39 is 0 Å². The van der Waals surface area contributed by atoms with Gasteiger partial charge in [0.1, 0.15) is 11.6 Å². The number of anilines is 1. The van der Waals surface area contributed by atoms with Crippen molar-refractivity contribution in [1.29, 1.82) is 0 Å². The second kappa shape index (κ2) is 4.94. The average Bonchev–Trinajstić information content (AvgIpc) is 2.69. The highest BCUT2D eigenvalue weighted by Crippen LogP contribution is 2.16. The van der Waals surface area contributed by atoms with E-state index in [1.165, 1.54) is 0 Å². The van der Waals surface area contributed by atoms with Crippen LogP contribution in [0.3, 0.4) is 0 Å². The van der Waals surface area contributed by atoms with Gasteiger partial charge >= 0.3 is 0 Å². The summed E-state index contributed by atoms with van der Waals surface area (Å²) in [4.78, 5) is 14.2. The molecule has 1 unspecified atom stereocenters. The third-order valence-corrected chi connectivity index (χ3v) is 3.12. The molecule has 5 nitrogen and oxygen atoms in total. The molecule has 2 aromatic heterocycles. The molecule has 3 N–H and O–H groups in total. The molecule has 98 valence electrons. The summed E-state index contributed by atoms with van der Waals surface area (Å²) in [6, 6.07) is 4.11. The zero-order valence-corrected chi connectivity index (χ0v) is 11.4. The van der Waals surface area contributed by atoms with Gasteiger partial charge in [-0.15, -0.1) is 0 Å². The highest BCUT2D eigenvalue weighted by atomic mass is 15.1. The number of nitrogens with one attached hydrogen (secondary N) is 1. The Morgan fingerprint density at radius 2 is 2.00 bits per heavy atom. The maximum Gasteiger partial charge on any atom is 0.179 e. The van der Waals surface area contributed by atoms with Crippen molar-refractivity contribution in [2.75, 3.05) is 19.0 Å². The zero-order chi connectivity index (χ0) is 13.3. The molecule has 0 aromatic carbocycles. The van der Waals surface area contributed by atoms with Gasteiger partial charge in [-0.2, -0.15) is 0 Å². The Hall–Kier alpha value is -1.62. The first-order valence-electron chi connectivity index (χ1n) is 6.26. The number of hydrogen-bond acceptors (Lipinski definition) is 4. The second-order valence-electron chi connectivity index (χ2n) is 5.23. The first kappa shape index (κ1) is 12.8. The van der Waals surface area contributed by atoms with Crippen LogP contribution in [0, 0.1) is 5.92 Å². The van der Waals surface area contributed by atoms with Crippen LogP contribution in [0.15, 0.2) is 12.1 Å². The molecule has 18 heavy (non-hydrogen) atoms. The fraction of sp³-hybridized carbons (Fsp3) is 0.538. The molecule has 5 heteroatoms. The molecule has 2 rings (SSSR count). The number of fused-ring (bicyclic) bond motifs is 1. The number of rotatable bonds is 4. The van der Waals surface area contributed by atoms with Crippen molar-refractivity contribution in [1.82, 2.24) is 15.0 Å². The Kier molecular flexibility index (Phi) is 3.52. The molecule has 0 aliphatic rings. The van der Waals surface area contributed by atoms with Gasteiger partial charge in [-0.05, 0) is 18.1 Å². The van der Waals surface area contributed by atoms with Gasteiger partial charge in [-0.3, -0.25) is 0 Å². The minimum absolute atomic E-state index is 0.124. The van der Waals surface area contributed by atoms with Gasteiger partial charge in [0.2, 0.25) is 0 Å². The Morgan fingerprint density at radius 3 is 2.61 bits per heavy atom. The SMILES string of the molecule is CC(C)C(N)Cc1nc2nc(N(C)C)ccc2[nH]1. The van der Waals surface area contributed by atoms with Crippen molar-refractivity contribution < 1.29 is 0 Å². The maximum absolute atomic E-state index is 6.06. The quantitative estimate of drug-likeness (QED) is 0.860. The molecule has 0 radical (unpaired) electrons. The number of imidazole rings is 1. The summed E-state index contributed by atoms with van der Waals surface area (Å²) in [5.74, 6) is 2.27. The molecule has 0 bridgehead atoms. The molecule has 0 aliphatic carbocycles. The summed E-state index contributed by atoms with van der Waals surface area (Å²) in [5, 5.41) is 0. The van der Waals surface area contributed by atoms with Crippen LogP contribution in [-0.4, -0.2) is 35.1 Å². The molecule has 2 aromatic rings. The van der Waals surface area contributed by atoms with Crippen molar-refractivity contribution in [3.63, 3.8) is 0 Å². The number of aromatic amines is 1. The van der Waals surface area contributed by atoms with Crippen LogP contribution in [0.5, 0.6) is 0 Å². The average molecular weight is 247 g/mol. The first-order chi connectivity index (χ1) is 8.47.